The maximum atomic E-state index is 13.3. The molecule has 24 heavy (non-hydrogen) atoms. The first-order valence-corrected chi connectivity index (χ1v) is 8.15. The van der Waals surface area contributed by atoms with Crippen molar-refractivity contribution in [2.24, 2.45) is 5.92 Å². The lowest BCUT2D eigenvalue weighted by molar-refractivity contribution is -0.156. The highest BCUT2D eigenvalue weighted by molar-refractivity contribution is 5.98. The predicted octanol–water partition coefficient (Wildman–Crippen LogP) is 2.33. The number of carbonyl (C=O) groups excluding carboxylic acids is 1. The summed E-state index contributed by atoms with van der Waals surface area (Å²) in [5, 5.41) is 5.32. The molecule has 134 valence electrons. The van der Waals surface area contributed by atoms with Crippen LogP contribution in [-0.4, -0.2) is 42.1 Å². The Labute approximate surface area is 145 Å². The minimum Gasteiger partial charge on any atom is -0.412 e. The van der Waals surface area contributed by atoms with Gasteiger partial charge >= 0.3 is 0 Å². The van der Waals surface area contributed by atoms with Crippen LogP contribution in [0.5, 0.6) is 0 Å². The smallest absolute Gasteiger partial charge is 0.171 e. The second kappa shape index (κ2) is 7.92. The van der Waals surface area contributed by atoms with E-state index in [4.69, 9.17) is 4.84 Å². The standard InChI is InChI=1S/C19H28N2O2.H2O/c1-7-14(4)16(12-13(2)3)17-15(5)20-19(18(17)22)8-10-21(23-6)11-9-19;/h7,12,17,20H,2,5,8-11H2,1,3-4,6H3;1H2/b14-7-,16-12+;. The quantitative estimate of drug-likeness (QED) is 0.801. The Bertz CT molecular complexity index is 581. The van der Waals surface area contributed by atoms with Crippen LogP contribution < -0.4 is 5.32 Å². The minimum atomic E-state index is -0.501. The van der Waals surface area contributed by atoms with Crippen LogP contribution in [0.1, 0.15) is 33.6 Å². The highest BCUT2D eigenvalue weighted by atomic mass is 16.7. The van der Waals surface area contributed by atoms with Crippen molar-refractivity contribution in [2.75, 3.05) is 20.2 Å². The monoisotopic (exact) mass is 334 g/mol. The molecule has 1 unspecified atom stereocenters. The first kappa shape index (κ1) is 20.4. The molecule has 0 bridgehead atoms. The van der Waals surface area contributed by atoms with Crippen LogP contribution in [0.4, 0.5) is 0 Å². The highest BCUT2D eigenvalue weighted by Crippen LogP contribution is 2.40. The van der Waals surface area contributed by atoms with Gasteiger partial charge in [0.1, 0.15) is 0 Å². The van der Waals surface area contributed by atoms with Gasteiger partial charge in [0.15, 0.2) is 5.78 Å². The Morgan fingerprint density at radius 2 is 1.96 bits per heavy atom. The van der Waals surface area contributed by atoms with Crippen LogP contribution in [0.2, 0.25) is 0 Å². The van der Waals surface area contributed by atoms with Crippen molar-refractivity contribution in [3.05, 3.63) is 47.7 Å². The number of piperidine rings is 1. The van der Waals surface area contributed by atoms with Gasteiger partial charge in [0.05, 0.1) is 18.6 Å². The van der Waals surface area contributed by atoms with E-state index in [1.165, 1.54) is 0 Å². The first-order valence-electron chi connectivity index (χ1n) is 8.15. The van der Waals surface area contributed by atoms with E-state index in [2.05, 4.69) is 18.5 Å². The number of rotatable bonds is 4. The van der Waals surface area contributed by atoms with Crippen LogP contribution >= 0.6 is 0 Å². The number of hydrogen-bond acceptors (Lipinski definition) is 4. The third-order valence-corrected chi connectivity index (χ3v) is 4.92. The number of nitrogens with one attached hydrogen (secondary N) is 1. The minimum absolute atomic E-state index is 0. The van der Waals surface area contributed by atoms with E-state index >= 15 is 0 Å². The molecule has 0 amide bonds. The number of allylic oxidation sites excluding steroid dienone is 5. The Morgan fingerprint density at radius 3 is 2.42 bits per heavy atom. The molecule has 1 spiro atoms. The summed E-state index contributed by atoms with van der Waals surface area (Å²) < 4.78 is 0. The van der Waals surface area contributed by atoms with Crippen LogP contribution in [0.3, 0.4) is 0 Å². The fourth-order valence-corrected chi connectivity index (χ4v) is 3.48. The van der Waals surface area contributed by atoms with Gasteiger partial charge in [-0.25, -0.2) is 0 Å². The van der Waals surface area contributed by atoms with Gasteiger partial charge in [-0.15, -0.1) is 0 Å². The topological polar surface area (TPSA) is 73.1 Å². The number of ketones is 1. The third kappa shape index (κ3) is 3.69. The molecule has 2 aliphatic heterocycles. The lowest BCUT2D eigenvalue weighted by Crippen LogP contribution is -2.53. The van der Waals surface area contributed by atoms with Gasteiger partial charge in [0.25, 0.3) is 0 Å². The molecule has 0 aromatic heterocycles. The van der Waals surface area contributed by atoms with E-state index in [9.17, 15) is 4.79 Å². The molecule has 2 heterocycles. The van der Waals surface area contributed by atoms with Crippen LogP contribution in [0, 0.1) is 5.92 Å². The summed E-state index contributed by atoms with van der Waals surface area (Å²) in [6.45, 7) is 15.6. The highest BCUT2D eigenvalue weighted by Gasteiger charge is 2.51. The van der Waals surface area contributed by atoms with E-state index in [1.807, 2.05) is 38.0 Å². The van der Waals surface area contributed by atoms with Crippen LogP contribution in [0.25, 0.3) is 0 Å². The van der Waals surface area contributed by atoms with Gasteiger partial charge in [0, 0.05) is 18.8 Å². The molecule has 5 nitrogen and oxygen atoms in total. The number of nitrogens with zero attached hydrogens (tertiary/aromatic N) is 1. The zero-order chi connectivity index (χ0) is 17.2. The molecule has 0 saturated carbocycles. The van der Waals surface area contributed by atoms with Crippen LogP contribution in [0.15, 0.2) is 47.7 Å². The van der Waals surface area contributed by atoms with Crippen molar-refractivity contribution in [1.82, 2.24) is 10.4 Å². The van der Waals surface area contributed by atoms with Crippen molar-refractivity contribution < 1.29 is 15.1 Å². The maximum absolute atomic E-state index is 13.3. The van der Waals surface area contributed by atoms with Gasteiger partial charge in [-0.3, -0.25) is 4.79 Å². The summed E-state index contributed by atoms with van der Waals surface area (Å²) >= 11 is 0. The molecule has 0 aromatic rings. The van der Waals surface area contributed by atoms with E-state index < -0.39 is 5.54 Å². The van der Waals surface area contributed by atoms with Crippen molar-refractivity contribution in [2.45, 2.75) is 39.2 Å². The van der Waals surface area contributed by atoms with Gasteiger partial charge in [-0.2, -0.15) is 5.06 Å². The van der Waals surface area contributed by atoms with Gasteiger partial charge in [-0.1, -0.05) is 36.5 Å². The van der Waals surface area contributed by atoms with Crippen molar-refractivity contribution in [3.8, 4) is 0 Å². The largest absolute Gasteiger partial charge is 0.412 e. The third-order valence-electron chi connectivity index (χ3n) is 4.92. The van der Waals surface area contributed by atoms with E-state index in [-0.39, 0.29) is 17.2 Å². The molecule has 2 rings (SSSR count). The second-order valence-corrected chi connectivity index (χ2v) is 6.56. The average Bonchev–Trinajstić information content (AvgIpc) is 2.76. The van der Waals surface area contributed by atoms with Crippen molar-refractivity contribution in [1.29, 1.82) is 0 Å². The summed E-state index contributed by atoms with van der Waals surface area (Å²) in [6, 6.07) is 0. The fraction of sp³-hybridized carbons (Fsp3) is 0.526. The predicted molar refractivity (Wildman–Crippen MR) is 97.3 cm³/mol. The summed E-state index contributed by atoms with van der Waals surface area (Å²) in [7, 11) is 1.67. The summed E-state index contributed by atoms with van der Waals surface area (Å²) in [5.41, 5.74) is 3.35. The molecule has 2 fully saturated rings. The lowest BCUT2D eigenvalue weighted by atomic mass is 9.78. The summed E-state index contributed by atoms with van der Waals surface area (Å²) in [6.07, 6.45) is 5.52. The molecule has 0 radical (unpaired) electrons. The molecule has 3 N–H and O–H groups in total. The summed E-state index contributed by atoms with van der Waals surface area (Å²) in [5.74, 6) is -0.0658. The Hall–Kier alpha value is -1.69. The van der Waals surface area contributed by atoms with E-state index in [0.717, 1.165) is 48.3 Å². The molecule has 2 saturated heterocycles. The Morgan fingerprint density at radius 1 is 1.38 bits per heavy atom. The van der Waals surface area contributed by atoms with E-state index in [1.54, 1.807) is 7.11 Å². The normalized spacial score (nSPS) is 24.8. The van der Waals surface area contributed by atoms with Crippen LogP contribution in [-0.2, 0) is 9.63 Å². The zero-order valence-electron chi connectivity index (χ0n) is 15.2. The molecular weight excluding hydrogens is 304 g/mol. The number of hydrogen-bond donors (Lipinski definition) is 1. The number of carbonyl (C=O) groups is 1. The fourth-order valence-electron chi connectivity index (χ4n) is 3.48. The molecule has 0 aromatic carbocycles. The van der Waals surface area contributed by atoms with Crippen molar-refractivity contribution in [3.63, 3.8) is 0 Å². The SMILES string of the molecule is C=C(C)/C=C(\C(C)=C/C)C1C(=C)NC2(CCN(OC)CC2)C1=O.O. The maximum Gasteiger partial charge on any atom is 0.171 e. The second-order valence-electron chi connectivity index (χ2n) is 6.56. The van der Waals surface area contributed by atoms with Gasteiger partial charge < -0.3 is 15.6 Å². The zero-order valence-corrected chi connectivity index (χ0v) is 15.2. The molecule has 1 atom stereocenters. The van der Waals surface area contributed by atoms with Gasteiger partial charge in [0.2, 0.25) is 0 Å². The number of Topliss-reactive ketones (excluding diaryl/α,β-unsaturated/α-hetero) is 1. The first-order chi connectivity index (χ1) is 10.8. The molecule has 2 aliphatic rings. The molecule has 0 aliphatic carbocycles. The van der Waals surface area contributed by atoms with Gasteiger partial charge in [-0.05, 0) is 39.2 Å². The molecular formula is C19H30N2O3. The van der Waals surface area contributed by atoms with E-state index in [0.29, 0.717) is 0 Å². The summed E-state index contributed by atoms with van der Waals surface area (Å²) in [4.78, 5) is 18.5. The van der Waals surface area contributed by atoms with Crippen molar-refractivity contribution >= 4 is 5.78 Å². The Balaban J connectivity index is 0.00000288. The lowest BCUT2D eigenvalue weighted by Gasteiger charge is -2.37. The Kier molecular flexibility index (Phi) is 6.72. The average molecular weight is 334 g/mol. The molecule has 5 heteroatoms. The number of hydroxylamine groups is 2.